The van der Waals surface area contributed by atoms with E-state index in [0.29, 0.717) is 17.1 Å². The van der Waals surface area contributed by atoms with Crippen molar-refractivity contribution in [3.63, 3.8) is 0 Å². The highest BCUT2D eigenvalue weighted by Gasteiger charge is 2.45. The average molecular weight is 303 g/mol. The number of benzene rings is 1. The van der Waals surface area contributed by atoms with Crippen molar-refractivity contribution in [2.24, 2.45) is 0 Å². The molecule has 4 heteroatoms. The largest absolute Gasteiger partial charge is 0.361 e. The minimum Gasteiger partial charge on any atom is -0.361 e. The van der Waals surface area contributed by atoms with Crippen LogP contribution in [0.5, 0.6) is 0 Å². The van der Waals surface area contributed by atoms with Crippen molar-refractivity contribution in [2.45, 2.75) is 48.5 Å². The Balaban J connectivity index is 1.73. The Morgan fingerprint density at radius 1 is 1.24 bits per heavy atom. The van der Waals surface area contributed by atoms with Crippen LogP contribution in [0.3, 0.4) is 0 Å². The third-order valence-electron chi connectivity index (χ3n) is 4.76. The highest BCUT2D eigenvalue weighted by Crippen LogP contribution is 2.56. The van der Waals surface area contributed by atoms with E-state index in [1.54, 1.807) is 12.1 Å². The first-order valence-corrected chi connectivity index (χ1v) is 8.49. The monoisotopic (exact) mass is 303 g/mol. The summed E-state index contributed by atoms with van der Waals surface area (Å²) < 4.78 is 18.8. The number of aryl methyl sites for hydroxylation is 1. The molecule has 110 valence electrons. The molecular formula is C17H18FNOS. The molecule has 2 aromatic rings. The van der Waals surface area contributed by atoms with Gasteiger partial charge in [-0.3, -0.25) is 0 Å². The molecule has 2 unspecified atom stereocenters. The van der Waals surface area contributed by atoms with Crippen molar-refractivity contribution in [1.82, 2.24) is 5.16 Å². The molecule has 0 N–H and O–H groups in total. The number of hydrogen-bond acceptors (Lipinski definition) is 3. The third kappa shape index (κ3) is 2.39. The van der Waals surface area contributed by atoms with Gasteiger partial charge in [0, 0.05) is 22.5 Å². The van der Waals surface area contributed by atoms with Gasteiger partial charge in [0.2, 0.25) is 0 Å². The summed E-state index contributed by atoms with van der Waals surface area (Å²) in [6, 6.07) is 9.08. The molecule has 4 atom stereocenters. The van der Waals surface area contributed by atoms with E-state index in [9.17, 15) is 4.39 Å². The predicted molar refractivity (Wildman–Crippen MR) is 82.1 cm³/mol. The van der Waals surface area contributed by atoms with E-state index in [4.69, 9.17) is 4.52 Å². The topological polar surface area (TPSA) is 26.0 Å². The predicted octanol–water partition coefficient (Wildman–Crippen LogP) is 4.66. The minimum absolute atomic E-state index is 0.168. The van der Waals surface area contributed by atoms with Crippen LogP contribution in [0.15, 0.2) is 34.9 Å². The molecule has 2 aliphatic heterocycles. The second kappa shape index (κ2) is 5.16. The van der Waals surface area contributed by atoms with Gasteiger partial charge in [-0.05, 0) is 49.8 Å². The maximum absolute atomic E-state index is 13.2. The second-order valence-corrected chi connectivity index (χ2v) is 7.71. The molecule has 1 aromatic carbocycles. The smallest absolute Gasteiger partial charge is 0.141 e. The van der Waals surface area contributed by atoms with E-state index in [2.05, 4.69) is 23.0 Å². The van der Waals surface area contributed by atoms with Crippen LogP contribution in [0.2, 0.25) is 0 Å². The molecule has 0 amide bonds. The van der Waals surface area contributed by atoms with Crippen molar-refractivity contribution < 1.29 is 8.91 Å². The lowest BCUT2D eigenvalue weighted by Crippen LogP contribution is -2.26. The van der Waals surface area contributed by atoms with Crippen LogP contribution in [0.4, 0.5) is 4.39 Å². The average Bonchev–Trinajstić information content (AvgIpc) is 3.07. The highest BCUT2D eigenvalue weighted by atomic mass is 32.2. The minimum atomic E-state index is -0.168. The molecule has 0 aliphatic carbocycles. The Kier molecular flexibility index (Phi) is 3.29. The summed E-state index contributed by atoms with van der Waals surface area (Å²) in [5, 5.41) is 5.42. The molecule has 2 saturated heterocycles. The molecule has 4 rings (SSSR count). The molecule has 2 fully saturated rings. The SMILES string of the molecule is Cc1cc([C@@H]2C3CCC(C[C@H]2c2ccc(F)cc2)S3)on1. The van der Waals surface area contributed by atoms with Crippen LogP contribution in [0, 0.1) is 12.7 Å². The van der Waals surface area contributed by atoms with Crippen molar-refractivity contribution >= 4 is 11.8 Å². The summed E-state index contributed by atoms with van der Waals surface area (Å²) in [6.07, 6.45) is 3.69. The van der Waals surface area contributed by atoms with Gasteiger partial charge < -0.3 is 4.52 Å². The van der Waals surface area contributed by atoms with Crippen molar-refractivity contribution in [1.29, 1.82) is 0 Å². The molecule has 2 aliphatic rings. The van der Waals surface area contributed by atoms with Crippen LogP contribution in [0.25, 0.3) is 0 Å². The lowest BCUT2D eigenvalue weighted by molar-refractivity contribution is 0.331. The molecule has 0 radical (unpaired) electrons. The van der Waals surface area contributed by atoms with Gasteiger partial charge in [0.05, 0.1) is 5.69 Å². The first-order valence-electron chi connectivity index (χ1n) is 7.55. The van der Waals surface area contributed by atoms with Crippen LogP contribution in [0.1, 0.15) is 48.1 Å². The molecule has 1 aromatic heterocycles. The van der Waals surface area contributed by atoms with Gasteiger partial charge in [0.15, 0.2) is 0 Å². The highest BCUT2D eigenvalue weighted by molar-refractivity contribution is 8.00. The summed E-state index contributed by atoms with van der Waals surface area (Å²) in [7, 11) is 0. The Morgan fingerprint density at radius 3 is 2.76 bits per heavy atom. The van der Waals surface area contributed by atoms with Crippen LogP contribution < -0.4 is 0 Å². The molecule has 2 nitrogen and oxygen atoms in total. The Morgan fingerprint density at radius 2 is 2.05 bits per heavy atom. The van der Waals surface area contributed by atoms with Gasteiger partial charge in [0.1, 0.15) is 11.6 Å². The Hall–Kier alpha value is -1.29. The summed E-state index contributed by atoms with van der Waals surface area (Å²) in [6.45, 7) is 1.97. The molecule has 3 heterocycles. The molecule has 0 saturated carbocycles. The first-order chi connectivity index (χ1) is 10.2. The van der Waals surface area contributed by atoms with Gasteiger partial charge >= 0.3 is 0 Å². The molecule has 0 spiro atoms. The van der Waals surface area contributed by atoms with Crippen molar-refractivity contribution in [3.8, 4) is 0 Å². The van der Waals surface area contributed by atoms with E-state index in [1.165, 1.54) is 18.4 Å². The van der Waals surface area contributed by atoms with E-state index in [-0.39, 0.29) is 5.82 Å². The summed E-state index contributed by atoms with van der Waals surface area (Å²) in [5.74, 6) is 1.61. The maximum atomic E-state index is 13.2. The Bertz CT molecular complexity index is 638. The summed E-state index contributed by atoms with van der Waals surface area (Å²) >= 11 is 2.10. The summed E-state index contributed by atoms with van der Waals surface area (Å²) in [5.41, 5.74) is 2.17. The first kappa shape index (κ1) is 13.4. The number of nitrogens with zero attached hydrogens (tertiary/aromatic N) is 1. The Labute approximate surface area is 128 Å². The van der Waals surface area contributed by atoms with Crippen LogP contribution >= 0.6 is 11.8 Å². The zero-order valence-corrected chi connectivity index (χ0v) is 12.8. The number of halogens is 1. The van der Waals surface area contributed by atoms with E-state index in [1.807, 2.05) is 19.1 Å². The molecule has 21 heavy (non-hydrogen) atoms. The van der Waals surface area contributed by atoms with E-state index < -0.39 is 0 Å². The van der Waals surface area contributed by atoms with Gasteiger partial charge in [-0.15, -0.1) is 0 Å². The van der Waals surface area contributed by atoms with Gasteiger partial charge in [-0.25, -0.2) is 4.39 Å². The fourth-order valence-electron chi connectivity index (χ4n) is 3.84. The maximum Gasteiger partial charge on any atom is 0.141 e. The fraction of sp³-hybridized carbons (Fsp3) is 0.471. The van der Waals surface area contributed by atoms with Crippen LogP contribution in [-0.4, -0.2) is 15.7 Å². The number of thioether (sulfide) groups is 1. The number of aromatic nitrogens is 1. The van der Waals surface area contributed by atoms with Gasteiger partial charge in [-0.2, -0.15) is 11.8 Å². The zero-order chi connectivity index (χ0) is 14.4. The van der Waals surface area contributed by atoms with E-state index >= 15 is 0 Å². The lowest BCUT2D eigenvalue weighted by Gasteiger charge is -2.35. The fourth-order valence-corrected chi connectivity index (χ4v) is 5.69. The lowest BCUT2D eigenvalue weighted by atomic mass is 9.80. The molecular weight excluding hydrogens is 285 g/mol. The number of fused-ring (bicyclic) bond motifs is 2. The van der Waals surface area contributed by atoms with Gasteiger partial charge in [-0.1, -0.05) is 17.3 Å². The van der Waals surface area contributed by atoms with Crippen molar-refractivity contribution in [2.75, 3.05) is 0 Å². The van der Waals surface area contributed by atoms with Crippen molar-refractivity contribution in [3.05, 3.63) is 53.2 Å². The van der Waals surface area contributed by atoms with E-state index in [0.717, 1.165) is 23.1 Å². The quantitative estimate of drug-likeness (QED) is 0.807. The number of hydrogen-bond donors (Lipinski definition) is 0. The standard InChI is InChI=1S/C17H18FNOS/c1-10-8-15(20-19-10)17-14(9-13-6-7-16(17)21-13)11-2-4-12(18)5-3-11/h2-5,8,13-14,16-17H,6-7,9H2,1H3/t13?,14-,16?,17+/m0/s1. The third-order valence-corrected chi connectivity index (χ3v) is 6.46. The van der Waals surface area contributed by atoms with Gasteiger partial charge in [0.25, 0.3) is 0 Å². The van der Waals surface area contributed by atoms with Crippen LogP contribution in [-0.2, 0) is 0 Å². The normalized spacial score (nSPS) is 31.5. The number of rotatable bonds is 2. The summed E-state index contributed by atoms with van der Waals surface area (Å²) in [4.78, 5) is 0. The second-order valence-electron chi connectivity index (χ2n) is 6.16. The zero-order valence-electron chi connectivity index (χ0n) is 12.0. The molecule has 2 bridgehead atoms.